The molecule has 1 fully saturated rings. The van der Waals surface area contributed by atoms with E-state index in [2.05, 4.69) is 4.98 Å². The third kappa shape index (κ3) is 1.71. The van der Waals surface area contributed by atoms with Gasteiger partial charge in [0.2, 0.25) is 0 Å². The van der Waals surface area contributed by atoms with Gasteiger partial charge in [0.15, 0.2) is 5.78 Å². The van der Waals surface area contributed by atoms with Crippen molar-refractivity contribution in [1.82, 2.24) is 4.98 Å². The molecule has 5 nitrogen and oxygen atoms in total. The number of carbonyl (C=O) groups excluding carboxylic acids is 1. The van der Waals surface area contributed by atoms with E-state index in [1.807, 2.05) is 0 Å². The first kappa shape index (κ1) is 10.1. The van der Waals surface area contributed by atoms with Gasteiger partial charge in [0.05, 0.1) is 12.2 Å². The number of hydrogen-bond donors (Lipinski definition) is 2. The molecule has 5 heteroatoms. The zero-order valence-electron chi connectivity index (χ0n) is 8.27. The highest BCUT2D eigenvalue weighted by Crippen LogP contribution is 2.23. The Balaban J connectivity index is 2.32. The molecule has 1 unspecified atom stereocenters. The summed E-state index contributed by atoms with van der Waals surface area (Å²) in [6, 6.07) is 1.59. The second-order valence-corrected chi connectivity index (χ2v) is 3.75. The number of ether oxygens (including phenoxy) is 1. The van der Waals surface area contributed by atoms with Crippen LogP contribution in [0.25, 0.3) is 0 Å². The Bertz CT molecular complexity index is 386. The number of nitrogens with two attached hydrogens (primary N) is 2. The molecule has 0 aliphatic carbocycles. The maximum Gasteiger partial charge on any atom is 0.188 e. The van der Waals surface area contributed by atoms with Crippen molar-refractivity contribution in [2.45, 2.75) is 12.0 Å². The third-order valence-electron chi connectivity index (χ3n) is 2.60. The molecule has 1 aliphatic rings. The second kappa shape index (κ2) is 3.60. The topological polar surface area (TPSA) is 91.2 Å². The lowest BCUT2D eigenvalue weighted by molar-refractivity contribution is 0.0863. The fraction of sp³-hybridized carbons (Fsp3) is 0.400. The first-order valence-electron chi connectivity index (χ1n) is 4.74. The number of Topliss-reactive ketones (excluding diaryl/α,β-unsaturated/α-hetero) is 1. The molecule has 2 heterocycles. The number of rotatable bonds is 2. The highest BCUT2D eigenvalue weighted by Gasteiger charge is 2.39. The van der Waals surface area contributed by atoms with Crippen LogP contribution in [0.5, 0.6) is 0 Å². The van der Waals surface area contributed by atoms with Crippen LogP contribution in [0.15, 0.2) is 18.5 Å². The molecule has 0 amide bonds. The van der Waals surface area contributed by atoms with Gasteiger partial charge >= 0.3 is 0 Å². The van der Waals surface area contributed by atoms with Gasteiger partial charge in [0.1, 0.15) is 5.54 Å². The highest BCUT2D eigenvalue weighted by molar-refractivity contribution is 6.06. The van der Waals surface area contributed by atoms with Crippen LogP contribution in [0, 0.1) is 0 Å². The standard InChI is InChI=1S/C10H13N3O2/c11-8-1-3-13-5-7(8)9(14)10(12)2-4-15-6-10/h1,3,5H,2,4,6,12H2,(H2,11,13). The molecule has 1 aromatic heterocycles. The van der Waals surface area contributed by atoms with Crippen LogP contribution in [0.4, 0.5) is 5.69 Å². The van der Waals surface area contributed by atoms with Gasteiger partial charge in [0.25, 0.3) is 0 Å². The lowest BCUT2D eigenvalue weighted by Crippen LogP contribution is -2.48. The number of nitrogen functional groups attached to an aromatic ring is 1. The maximum absolute atomic E-state index is 12.1. The molecule has 1 aliphatic heterocycles. The summed E-state index contributed by atoms with van der Waals surface area (Å²) in [6.45, 7) is 0.766. The number of carbonyl (C=O) groups is 1. The van der Waals surface area contributed by atoms with Crippen molar-refractivity contribution in [2.75, 3.05) is 18.9 Å². The highest BCUT2D eigenvalue weighted by atomic mass is 16.5. The first-order valence-corrected chi connectivity index (χ1v) is 4.74. The Labute approximate surface area is 87.4 Å². The fourth-order valence-corrected chi connectivity index (χ4v) is 1.62. The first-order chi connectivity index (χ1) is 7.13. The summed E-state index contributed by atoms with van der Waals surface area (Å²) in [5.74, 6) is -0.189. The van der Waals surface area contributed by atoms with Gasteiger partial charge in [-0.1, -0.05) is 0 Å². The minimum Gasteiger partial charge on any atom is -0.398 e. The van der Waals surface area contributed by atoms with Crippen molar-refractivity contribution in [3.8, 4) is 0 Å². The van der Waals surface area contributed by atoms with Gasteiger partial charge < -0.3 is 16.2 Å². The van der Waals surface area contributed by atoms with Gasteiger partial charge in [-0.2, -0.15) is 0 Å². The van der Waals surface area contributed by atoms with Crippen LogP contribution in [0.2, 0.25) is 0 Å². The van der Waals surface area contributed by atoms with Crippen molar-refractivity contribution in [2.24, 2.45) is 5.73 Å². The number of anilines is 1. The monoisotopic (exact) mass is 207 g/mol. The van der Waals surface area contributed by atoms with E-state index in [1.165, 1.54) is 6.20 Å². The predicted molar refractivity (Wildman–Crippen MR) is 55.3 cm³/mol. The van der Waals surface area contributed by atoms with E-state index >= 15 is 0 Å². The zero-order valence-corrected chi connectivity index (χ0v) is 8.27. The molecule has 2 rings (SSSR count). The molecule has 1 atom stereocenters. The van der Waals surface area contributed by atoms with Crippen LogP contribution >= 0.6 is 0 Å². The van der Waals surface area contributed by atoms with E-state index in [-0.39, 0.29) is 12.4 Å². The fourth-order valence-electron chi connectivity index (χ4n) is 1.62. The van der Waals surface area contributed by atoms with Gasteiger partial charge in [-0.05, 0) is 12.5 Å². The number of nitrogens with zero attached hydrogens (tertiary/aromatic N) is 1. The zero-order chi connectivity index (χ0) is 10.9. The van der Waals surface area contributed by atoms with E-state index in [1.54, 1.807) is 12.3 Å². The summed E-state index contributed by atoms with van der Waals surface area (Å²) in [7, 11) is 0. The second-order valence-electron chi connectivity index (χ2n) is 3.75. The Kier molecular flexibility index (Phi) is 2.42. The smallest absolute Gasteiger partial charge is 0.188 e. The SMILES string of the molecule is Nc1ccncc1C(=O)C1(N)CCOC1. The van der Waals surface area contributed by atoms with E-state index in [4.69, 9.17) is 16.2 Å². The van der Waals surface area contributed by atoms with E-state index in [0.717, 1.165) is 0 Å². The van der Waals surface area contributed by atoms with E-state index in [9.17, 15) is 4.79 Å². The average molecular weight is 207 g/mol. The van der Waals surface area contributed by atoms with Crippen LogP contribution in [0.3, 0.4) is 0 Å². The molecule has 1 saturated heterocycles. The molecule has 0 spiro atoms. The van der Waals surface area contributed by atoms with Crippen molar-refractivity contribution < 1.29 is 9.53 Å². The van der Waals surface area contributed by atoms with Crippen molar-refractivity contribution in [3.05, 3.63) is 24.0 Å². The summed E-state index contributed by atoms with van der Waals surface area (Å²) < 4.78 is 5.14. The van der Waals surface area contributed by atoms with E-state index in [0.29, 0.717) is 24.3 Å². The number of aromatic nitrogens is 1. The van der Waals surface area contributed by atoms with Crippen LogP contribution in [-0.2, 0) is 4.74 Å². The van der Waals surface area contributed by atoms with Gasteiger partial charge in [0, 0.05) is 24.7 Å². The molecular formula is C10H13N3O2. The minimum absolute atomic E-state index is 0.189. The third-order valence-corrected chi connectivity index (χ3v) is 2.60. The number of pyridine rings is 1. The largest absolute Gasteiger partial charge is 0.398 e. The lowest BCUT2D eigenvalue weighted by Gasteiger charge is -2.20. The van der Waals surface area contributed by atoms with Crippen LogP contribution in [0.1, 0.15) is 16.8 Å². The minimum atomic E-state index is -0.933. The Morgan fingerprint density at radius 2 is 2.40 bits per heavy atom. The van der Waals surface area contributed by atoms with E-state index < -0.39 is 5.54 Å². The van der Waals surface area contributed by atoms with Crippen LogP contribution < -0.4 is 11.5 Å². The summed E-state index contributed by atoms with van der Waals surface area (Å²) in [5, 5.41) is 0. The number of ketones is 1. The molecule has 80 valence electrons. The molecule has 0 radical (unpaired) electrons. The summed E-state index contributed by atoms with van der Waals surface area (Å²) in [4.78, 5) is 15.9. The van der Waals surface area contributed by atoms with Gasteiger partial charge in [-0.25, -0.2) is 0 Å². The molecular weight excluding hydrogens is 194 g/mol. The Morgan fingerprint density at radius 3 is 3.00 bits per heavy atom. The van der Waals surface area contributed by atoms with Crippen molar-refractivity contribution in [3.63, 3.8) is 0 Å². The molecule has 4 N–H and O–H groups in total. The molecule has 1 aromatic rings. The van der Waals surface area contributed by atoms with Crippen LogP contribution in [-0.4, -0.2) is 29.5 Å². The number of hydrogen-bond acceptors (Lipinski definition) is 5. The molecule has 0 saturated carbocycles. The molecule has 15 heavy (non-hydrogen) atoms. The van der Waals surface area contributed by atoms with Crippen molar-refractivity contribution in [1.29, 1.82) is 0 Å². The normalized spacial score (nSPS) is 25.4. The average Bonchev–Trinajstić information content (AvgIpc) is 2.66. The molecule has 0 aromatic carbocycles. The quantitative estimate of drug-likeness (QED) is 0.664. The Hall–Kier alpha value is -1.46. The predicted octanol–water partition coefficient (Wildman–Crippen LogP) is -0.0357. The summed E-state index contributed by atoms with van der Waals surface area (Å²) in [6.07, 6.45) is 3.52. The van der Waals surface area contributed by atoms with Gasteiger partial charge in [-0.15, -0.1) is 0 Å². The van der Waals surface area contributed by atoms with Crippen molar-refractivity contribution >= 4 is 11.5 Å². The summed E-state index contributed by atoms with van der Waals surface area (Å²) in [5.41, 5.74) is 11.5. The summed E-state index contributed by atoms with van der Waals surface area (Å²) >= 11 is 0. The maximum atomic E-state index is 12.1. The Morgan fingerprint density at radius 1 is 1.60 bits per heavy atom. The molecule has 0 bridgehead atoms. The lowest BCUT2D eigenvalue weighted by atomic mass is 9.90. The van der Waals surface area contributed by atoms with Gasteiger partial charge in [-0.3, -0.25) is 9.78 Å².